The van der Waals surface area contributed by atoms with E-state index in [9.17, 15) is 4.39 Å². The van der Waals surface area contributed by atoms with Crippen LogP contribution in [-0.4, -0.2) is 29.1 Å². The third-order valence-electron chi connectivity index (χ3n) is 7.34. The number of nitrogens with two attached hydrogens (primary N) is 1. The fraction of sp³-hybridized carbons (Fsp3) is 0.467. The van der Waals surface area contributed by atoms with E-state index in [4.69, 9.17) is 33.7 Å². The third-order valence-corrected chi connectivity index (χ3v) is 8.05. The molecule has 2 aromatic carbocycles. The van der Waals surface area contributed by atoms with Crippen LogP contribution in [0.4, 0.5) is 10.1 Å². The molecule has 0 amide bonds. The Morgan fingerprint density at radius 3 is 2.51 bits per heavy atom. The van der Waals surface area contributed by atoms with Crippen LogP contribution in [0.2, 0.25) is 10.0 Å². The van der Waals surface area contributed by atoms with E-state index in [2.05, 4.69) is 41.8 Å². The van der Waals surface area contributed by atoms with Crippen LogP contribution in [0.15, 0.2) is 48.8 Å². The first-order valence-electron chi connectivity index (χ1n) is 13.3. The Labute approximate surface area is 230 Å². The monoisotopic (exact) mass is 545 g/mol. The van der Waals surface area contributed by atoms with Crippen molar-refractivity contribution in [2.45, 2.75) is 65.0 Å². The standard InChI is InChI=1S/C30H38Cl2FN3O/c1-20(2)6-4-5-14-35-15-12-24(13-16-35)36-17-11-23(19-36)22-7-10-27(34)28(18-22)37-21(3)29-25(31)8-9-26(33)30(29)32/h7-11,17-21,24H,4-6,12-16,34H2,1-3H3. The lowest BCUT2D eigenvalue weighted by Gasteiger charge is -2.32. The summed E-state index contributed by atoms with van der Waals surface area (Å²) < 4.78 is 22.5. The van der Waals surface area contributed by atoms with Crippen LogP contribution in [0.25, 0.3) is 11.1 Å². The molecule has 1 fully saturated rings. The number of ether oxygens (including phenoxy) is 1. The number of likely N-dealkylation sites (tertiary alicyclic amines) is 1. The van der Waals surface area contributed by atoms with Gasteiger partial charge in [0, 0.05) is 42.1 Å². The van der Waals surface area contributed by atoms with Gasteiger partial charge in [-0.3, -0.25) is 0 Å². The Bertz CT molecular complexity index is 1190. The largest absolute Gasteiger partial charge is 0.484 e. The van der Waals surface area contributed by atoms with E-state index in [-0.39, 0.29) is 5.02 Å². The zero-order valence-corrected chi connectivity index (χ0v) is 23.5. The number of nitrogens with zero attached hydrogens (tertiary/aromatic N) is 2. The van der Waals surface area contributed by atoms with Gasteiger partial charge in [0.1, 0.15) is 17.7 Å². The number of aromatic nitrogens is 1. The zero-order valence-electron chi connectivity index (χ0n) is 22.0. The molecule has 0 bridgehead atoms. The molecule has 37 heavy (non-hydrogen) atoms. The summed E-state index contributed by atoms with van der Waals surface area (Å²) in [6.07, 6.45) is 10.1. The van der Waals surface area contributed by atoms with E-state index in [0.29, 0.717) is 28.1 Å². The van der Waals surface area contributed by atoms with E-state index < -0.39 is 11.9 Å². The lowest BCUT2D eigenvalue weighted by molar-refractivity contribution is 0.183. The fourth-order valence-electron chi connectivity index (χ4n) is 5.12. The van der Waals surface area contributed by atoms with Crippen LogP contribution in [0, 0.1) is 11.7 Å². The highest BCUT2D eigenvalue weighted by Gasteiger charge is 2.22. The van der Waals surface area contributed by atoms with Crippen molar-refractivity contribution in [3.05, 3.63) is 70.2 Å². The molecule has 1 aromatic heterocycles. The van der Waals surface area contributed by atoms with E-state index in [1.54, 1.807) is 6.92 Å². The van der Waals surface area contributed by atoms with Crippen LogP contribution >= 0.6 is 23.2 Å². The molecule has 7 heteroatoms. The Morgan fingerprint density at radius 1 is 1.03 bits per heavy atom. The topological polar surface area (TPSA) is 43.4 Å². The maximum absolute atomic E-state index is 14.0. The maximum atomic E-state index is 14.0. The molecule has 1 saturated heterocycles. The van der Waals surface area contributed by atoms with Crippen molar-refractivity contribution >= 4 is 28.9 Å². The molecule has 0 radical (unpaired) electrons. The molecule has 3 aromatic rings. The van der Waals surface area contributed by atoms with Gasteiger partial charge in [-0.25, -0.2) is 4.39 Å². The summed E-state index contributed by atoms with van der Waals surface area (Å²) in [5.74, 6) is 0.780. The fourth-order valence-corrected chi connectivity index (χ4v) is 5.80. The molecule has 200 valence electrons. The van der Waals surface area contributed by atoms with Crippen molar-refractivity contribution in [1.82, 2.24) is 9.47 Å². The van der Waals surface area contributed by atoms with E-state index in [1.165, 1.54) is 50.8 Å². The SMILES string of the molecule is CC(C)CCCCN1CCC(n2ccc(-c3ccc(N)c(OC(C)c4c(Cl)ccc(F)c4Cl)c3)c2)CC1. The minimum atomic E-state index is -0.576. The van der Waals surface area contributed by atoms with Crippen LogP contribution < -0.4 is 10.5 Å². The van der Waals surface area contributed by atoms with Crippen molar-refractivity contribution < 1.29 is 9.13 Å². The van der Waals surface area contributed by atoms with Crippen LogP contribution in [0.1, 0.15) is 70.6 Å². The number of rotatable bonds is 10. The van der Waals surface area contributed by atoms with E-state index in [0.717, 1.165) is 30.1 Å². The average molecular weight is 547 g/mol. The van der Waals surface area contributed by atoms with Crippen molar-refractivity contribution in [3.63, 3.8) is 0 Å². The van der Waals surface area contributed by atoms with Gasteiger partial charge >= 0.3 is 0 Å². The minimum Gasteiger partial charge on any atom is -0.484 e. The first-order valence-corrected chi connectivity index (χ1v) is 14.1. The van der Waals surface area contributed by atoms with Gasteiger partial charge in [-0.2, -0.15) is 0 Å². The molecule has 0 saturated carbocycles. The van der Waals surface area contributed by atoms with Crippen LogP contribution in [0.3, 0.4) is 0 Å². The molecule has 2 heterocycles. The lowest BCUT2D eigenvalue weighted by atomic mass is 10.0. The summed E-state index contributed by atoms with van der Waals surface area (Å²) in [7, 11) is 0. The second-order valence-corrected chi connectivity index (χ2v) is 11.4. The molecule has 1 atom stereocenters. The Balaban J connectivity index is 1.39. The Hall–Kier alpha value is -2.21. The number of piperidine rings is 1. The Kier molecular flexibility index (Phi) is 9.44. The van der Waals surface area contributed by atoms with Crippen molar-refractivity contribution in [1.29, 1.82) is 0 Å². The summed E-state index contributed by atoms with van der Waals surface area (Å²) in [6, 6.07) is 11.1. The second-order valence-electron chi connectivity index (χ2n) is 10.6. The predicted molar refractivity (Wildman–Crippen MR) is 153 cm³/mol. The first kappa shape index (κ1) is 27.8. The number of anilines is 1. The summed E-state index contributed by atoms with van der Waals surface area (Å²) in [4.78, 5) is 2.61. The highest BCUT2D eigenvalue weighted by molar-refractivity contribution is 6.36. The number of hydrogen-bond donors (Lipinski definition) is 1. The van der Waals surface area contributed by atoms with Gasteiger partial charge < -0.3 is 19.9 Å². The van der Waals surface area contributed by atoms with Gasteiger partial charge in [0.15, 0.2) is 0 Å². The first-order chi connectivity index (χ1) is 17.7. The molecule has 1 unspecified atom stereocenters. The average Bonchev–Trinajstić information content (AvgIpc) is 3.36. The number of benzene rings is 2. The molecule has 4 rings (SSSR count). The second kappa shape index (κ2) is 12.6. The summed E-state index contributed by atoms with van der Waals surface area (Å²) in [5, 5.41) is 0.320. The van der Waals surface area contributed by atoms with Crippen LogP contribution in [-0.2, 0) is 0 Å². The summed E-state index contributed by atoms with van der Waals surface area (Å²) in [6.45, 7) is 9.91. The van der Waals surface area contributed by atoms with Gasteiger partial charge in [0.25, 0.3) is 0 Å². The molecule has 1 aliphatic rings. The molecular formula is C30H38Cl2FN3O. The molecule has 0 spiro atoms. The zero-order chi connectivity index (χ0) is 26.5. The highest BCUT2D eigenvalue weighted by atomic mass is 35.5. The van der Waals surface area contributed by atoms with E-state index in [1.807, 2.05) is 18.2 Å². The lowest BCUT2D eigenvalue weighted by Crippen LogP contribution is -2.35. The van der Waals surface area contributed by atoms with Gasteiger partial charge in [-0.15, -0.1) is 0 Å². The van der Waals surface area contributed by atoms with Crippen molar-refractivity contribution in [3.8, 4) is 16.9 Å². The van der Waals surface area contributed by atoms with E-state index >= 15 is 0 Å². The summed E-state index contributed by atoms with van der Waals surface area (Å²) in [5.41, 5.74) is 9.24. The van der Waals surface area contributed by atoms with Gasteiger partial charge in [-0.1, -0.05) is 56.0 Å². The number of halogens is 3. The number of hydrogen-bond acceptors (Lipinski definition) is 3. The molecule has 4 nitrogen and oxygen atoms in total. The smallest absolute Gasteiger partial charge is 0.143 e. The van der Waals surface area contributed by atoms with Crippen molar-refractivity contribution in [2.24, 2.45) is 5.92 Å². The number of unbranched alkanes of at least 4 members (excludes halogenated alkanes) is 1. The maximum Gasteiger partial charge on any atom is 0.143 e. The molecule has 1 aliphatic heterocycles. The third kappa shape index (κ3) is 7.01. The summed E-state index contributed by atoms with van der Waals surface area (Å²) >= 11 is 12.5. The Morgan fingerprint density at radius 2 is 1.78 bits per heavy atom. The minimum absolute atomic E-state index is 0.0339. The molecule has 0 aliphatic carbocycles. The normalized spacial score (nSPS) is 15.9. The van der Waals surface area contributed by atoms with Gasteiger partial charge in [0.2, 0.25) is 0 Å². The van der Waals surface area contributed by atoms with Gasteiger partial charge in [-0.05, 0) is 80.1 Å². The van der Waals surface area contributed by atoms with Gasteiger partial charge in [0.05, 0.1) is 10.7 Å². The highest BCUT2D eigenvalue weighted by Crippen LogP contribution is 2.38. The molecule has 2 N–H and O–H groups in total. The number of nitrogen functional groups attached to an aromatic ring is 1. The molecular weight excluding hydrogens is 508 g/mol. The van der Waals surface area contributed by atoms with Crippen molar-refractivity contribution in [2.75, 3.05) is 25.4 Å². The predicted octanol–water partition coefficient (Wildman–Crippen LogP) is 8.79. The van der Waals surface area contributed by atoms with Crippen LogP contribution in [0.5, 0.6) is 5.75 Å². The quantitative estimate of drug-likeness (QED) is 0.157.